The number of fused-ring (bicyclic) bond motifs is 1. The number of nitrogens with zero attached hydrogens (tertiary/aromatic N) is 5. The number of nitro groups is 1. The number of hydrogen-bond donors (Lipinski definition) is 0. The van der Waals surface area contributed by atoms with Gasteiger partial charge in [-0.25, -0.2) is 15.0 Å². The van der Waals surface area contributed by atoms with Gasteiger partial charge in [-0.3, -0.25) is 10.1 Å². The molecule has 0 saturated heterocycles. The molecule has 1 aliphatic rings. The molecule has 0 fully saturated rings. The summed E-state index contributed by atoms with van der Waals surface area (Å²) in [6.45, 7) is 2.05. The van der Waals surface area contributed by atoms with Crippen LogP contribution < -0.4 is 9.75 Å². The molecule has 5 aromatic rings. The Kier molecular flexibility index (Phi) is 6.20. The van der Waals surface area contributed by atoms with E-state index in [2.05, 4.69) is 6.07 Å². The highest BCUT2D eigenvalue weighted by Crippen LogP contribution is 2.38. The molecule has 1 atom stereocenters. The number of aromatic nitrogens is 2. The highest BCUT2D eigenvalue weighted by Gasteiger charge is 2.33. The van der Waals surface area contributed by atoms with E-state index in [1.807, 2.05) is 79.7 Å². The maximum atomic E-state index is 11.6. The van der Waals surface area contributed by atoms with Crippen molar-refractivity contribution in [3.05, 3.63) is 124 Å². The Morgan fingerprint density at radius 3 is 2.49 bits per heavy atom. The predicted octanol–water partition coefficient (Wildman–Crippen LogP) is 6.88. The molecule has 2 heterocycles. The van der Waals surface area contributed by atoms with Crippen LogP contribution in [-0.2, 0) is 0 Å². The highest BCUT2D eigenvalue weighted by atomic mass is 16.6. The summed E-state index contributed by atoms with van der Waals surface area (Å²) >= 11 is 0. The minimum absolute atomic E-state index is 0.0298. The topological polar surface area (TPSA) is 93.8 Å². The van der Waals surface area contributed by atoms with Gasteiger partial charge in [-0.05, 0) is 36.8 Å². The third kappa shape index (κ3) is 4.68. The Morgan fingerprint density at radius 2 is 1.69 bits per heavy atom. The van der Waals surface area contributed by atoms with Crippen molar-refractivity contribution >= 4 is 28.3 Å². The number of benzene rings is 4. The molecule has 8 heteroatoms. The molecular formula is C31H25N5O3. The average Bonchev–Trinajstić information content (AvgIpc) is 3.43. The third-order valence-corrected chi connectivity index (χ3v) is 6.87. The summed E-state index contributed by atoms with van der Waals surface area (Å²) in [4.78, 5) is 21.2. The number of non-ortho nitro benzene ring substituents is 1. The van der Waals surface area contributed by atoms with Crippen molar-refractivity contribution in [1.82, 2.24) is 9.97 Å². The lowest BCUT2D eigenvalue weighted by molar-refractivity contribution is -0.384. The fourth-order valence-electron chi connectivity index (χ4n) is 4.93. The van der Waals surface area contributed by atoms with Crippen LogP contribution in [0.2, 0.25) is 0 Å². The Morgan fingerprint density at radius 1 is 0.897 bits per heavy atom. The van der Waals surface area contributed by atoms with Crippen LogP contribution in [0, 0.1) is 17.0 Å². The number of hydrogen-bond acceptors (Lipinski definition) is 7. The van der Waals surface area contributed by atoms with Crippen LogP contribution in [0.3, 0.4) is 0 Å². The highest BCUT2D eigenvalue weighted by molar-refractivity contribution is 6.03. The summed E-state index contributed by atoms with van der Waals surface area (Å²) in [5, 5.41) is 19.3. The molecule has 1 aromatic heterocycles. The van der Waals surface area contributed by atoms with Crippen LogP contribution in [-0.4, -0.2) is 27.7 Å². The molecule has 4 aromatic carbocycles. The average molecular weight is 516 g/mol. The summed E-state index contributed by atoms with van der Waals surface area (Å²) in [6.07, 6.45) is 0.518. The summed E-state index contributed by atoms with van der Waals surface area (Å²) in [7, 11) is 1.63. The second-order valence-corrected chi connectivity index (χ2v) is 9.45. The number of nitro benzene ring substituents is 1. The van der Waals surface area contributed by atoms with Gasteiger partial charge in [-0.15, -0.1) is 0 Å². The van der Waals surface area contributed by atoms with Gasteiger partial charge < -0.3 is 4.74 Å². The minimum atomic E-state index is -0.380. The van der Waals surface area contributed by atoms with Gasteiger partial charge >= 0.3 is 0 Å². The lowest BCUT2D eigenvalue weighted by atomic mass is 9.98. The molecule has 1 aliphatic heterocycles. The standard InChI is InChI=1S/C31H25N5O3/c1-20-14-15-27-26(16-20)30(21-8-4-3-5-9-21)33-31(32-27)35-29(23-11-6-12-24(17-23)36(37)38)19-28(34-35)22-10-7-13-25(18-22)39-2/h3-18,29H,19H2,1-2H3/t29-/m1/s1. The quantitative estimate of drug-likeness (QED) is 0.181. The molecule has 8 nitrogen and oxygen atoms in total. The van der Waals surface area contributed by atoms with Crippen molar-refractivity contribution in [3.8, 4) is 17.0 Å². The van der Waals surface area contributed by atoms with E-state index >= 15 is 0 Å². The van der Waals surface area contributed by atoms with Crippen LogP contribution in [0.1, 0.15) is 29.2 Å². The summed E-state index contributed by atoms with van der Waals surface area (Å²) in [5.41, 5.74) is 6.22. The van der Waals surface area contributed by atoms with E-state index in [4.69, 9.17) is 19.8 Å². The summed E-state index contributed by atoms with van der Waals surface area (Å²) in [6, 6.07) is 30.2. The maximum absolute atomic E-state index is 11.6. The zero-order chi connectivity index (χ0) is 26.9. The van der Waals surface area contributed by atoms with E-state index in [1.54, 1.807) is 24.3 Å². The maximum Gasteiger partial charge on any atom is 0.269 e. The second-order valence-electron chi connectivity index (χ2n) is 9.45. The van der Waals surface area contributed by atoms with Crippen molar-refractivity contribution in [2.24, 2.45) is 5.10 Å². The van der Waals surface area contributed by atoms with Gasteiger partial charge in [0.25, 0.3) is 5.69 Å². The molecule has 0 aliphatic carbocycles. The lowest BCUT2D eigenvalue weighted by Gasteiger charge is -2.23. The van der Waals surface area contributed by atoms with Gasteiger partial charge in [0.1, 0.15) is 5.75 Å². The van der Waals surface area contributed by atoms with Crippen molar-refractivity contribution in [3.63, 3.8) is 0 Å². The van der Waals surface area contributed by atoms with Crippen molar-refractivity contribution in [2.45, 2.75) is 19.4 Å². The zero-order valence-electron chi connectivity index (χ0n) is 21.5. The number of ether oxygens (including phenoxy) is 1. The molecule has 0 radical (unpaired) electrons. The van der Waals surface area contributed by atoms with Gasteiger partial charge in [0.15, 0.2) is 0 Å². The Labute approximate surface area is 225 Å². The van der Waals surface area contributed by atoms with Gasteiger partial charge in [0.05, 0.1) is 35.0 Å². The first-order valence-electron chi connectivity index (χ1n) is 12.6. The van der Waals surface area contributed by atoms with Gasteiger partial charge in [0, 0.05) is 35.1 Å². The van der Waals surface area contributed by atoms with Crippen molar-refractivity contribution in [2.75, 3.05) is 12.1 Å². The van der Waals surface area contributed by atoms with E-state index in [0.717, 1.165) is 50.3 Å². The molecule has 0 spiro atoms. The van der Waals surface area contributed by atoms with Crippen molar-refractivity contribution in [1.29, 1.82) is 0 Å². The Bertz CT molecular complexity index is 1740. The van der Waals surface area contributed by atoms with Crippen LogP contribution in [0.25, 0.3) is 22.2 Å². The first-order chi connectivity index (χ1) is 19.0. The largest absolute Gasteiger partial charge is 0.497 e. The van der Waals surface area contributed by atoms with Crippen LogP contribution >= 0.6 is 0 Å². The van der Waals surface area contributed by atoms with E-state index in [0.29, 0.717) is 12.4 Å². The lowest BCUT2D eigenvalue weighted by Crippen LogP contribution is -2.21. The molecule has 192 valence electrons. The molecule has 0 saturated carbocycles. The number of aryl methyl sites for hydroxylation is 1. The zero-order valence-corrected chi connectivity index (χ0v) is 21.5. The van der Waals surface area contributed by atoms with Gasteiger partial charge in [-0.1, -0.05) is 66.2 Å². The molecule has 0 amide bonds. The predicted molar refractivity (Wildman–Crippen MR) is 152 cm³/mol. The first-order valence-corrected chi connectivity index (χ1v) is 12.6. The van der Waals surface area contributed by atoms with Crippen molar-refractivity contribution < 1.29 is 9.66 Å². The Hall–Kier alpha value is -5.11. The molecule has 0 unspecified atom stereocenters. The summed E-state index contributed by atoms with van der Waals surface area (Å²) in [5.74, 6) is 1.16. The minimum Gasteiger partial charge on any atom is -0.497 e. The van der Waals surface area contributed by atoms with Crippen LogP contribution in [0.5, 0.6) is 5.75 Å². The third-order valence-electron chi connectivity index (χ3n) is 6.87. The molecule has 0 N–H and O–H groups in total. The van der Waals surface area contributed by atoms with E-state index in [1.165, 1.54) is 6.07 Å². The molecule has 6 rings (SSSR count). The first kappa shape index (κ1) is 24.2. The monoisotopic (exact) mass is 515 g/mol. The van der Waals surface area contributed by atoms with E-state index < -0.39 is 0 Å². The van der Waals surface area contributed by atoms with Gasteiger partial charge in [0.2, 0.25) is 5.95 Å². The number of methoxy groups -OCH3 is 1. The molecule has 39 heavy (non-hydrogen) atoms. The smallest absolute Gasteiger partial charge is 0.269 e. The van der Waals surface area contributed by atoms with E-state index in [-0.39, 0.29) is 16.7 Å². The normalized spacial score (nSPS) is 14.9. The number of anilines is 1. The number of hydrazone groups is 1. The van der Waals surface area contributed by atoms with Crippen LogP contribution in [0.4, 0.5) is 11.6 Å². The Balaban J connectivity index is 1.54. The second kappa shape index (κ2) is 9.98. The fraction of sp³-hybridized carbons (Fsp3) is 0.129. The summed E-state index contributed by atoms with van der Waals surface area (Å²) < 4.78 is 5.43. The fourth-order valence-corrected chi connectivity index (χ4v) is 4.93. The van der Waals surface area contributed by atoms with Gasteiger partial charge in [-0.2, -0.15) is 5.10 Å². The number of rotatable bonds is 6. The van der Waals surface area contributed by atoms with Crippen LogP contribution in [0.15, 0.2) is 102 Å². The molecular weight excluding hydrogens is 490 g/mol. The van der Waals surface area contributed by atoms with E-state index in [9.17, 15) is 10.1 Å². The SMILES string of the molecule is COc1cccc(C2=NN(c3nc(-c4ccccc4)c4cc(C)ccc4n3)[C@@H](c3cccc([N+](=O)[O-])c3)C2)c1. The molecule has 0 bridgehead atoms.